The summed E-state index contributed by atoms with van der Waals surface area (Å²) in [5.41, 5.74) is -0.948. The molecule has 1 aliphatic heterocycles. The maximum atomic E-state index is 12.3. The third-order valence-electron chi connectivity index (χ3n) is 3.26. The number of fused-ring (bicyclic) bond motifs is 1. The number of ether oxygens (including phenoxy) is 1. The predicted octanol–water partition coefficient (Wildman–Crippen LogP) is -4.06. The third kappa shape index (κ3) is 2.00. The second-order valence-electron chi connectivity index (χ2n) is 4.47. The molecule has 4 N–H and O–H groups in total. The summed E-state index contributed by atoms with van der Waals surface area (Å²) in [6.45, 7) is -1.12. The second-order valence-corrected chi connectivity index (χ2v) is 4.47. The summed E-state index contributed by atoms with van der Waals surface area (Å²) in [5, 5.41) is 52.0. The van der Waals surface area contributed by atoms with Crippen LogP contribution in [0.25, 0.3) is 11.2 Å². The number of aromatic nitrogens is 6. The zero-order valence-electron chi connectivity index (χ0n) is 10.5. The maximum Gasteiger partial charge on any atom is 0.300 e. The lowest BCUT2D eigenvalue weighted by molar-refractivity contribution is -0.0620. The average molecular weight is 300 g/mol. The fourth-order valence-electron chi connectivity index (χ4n) is 2.16. The predicted molar refractivity (Wildman–Crippen MR) is 62.6 cm³/mol. The van der Waals surface area contributed by atoms with Crippen LogP contribution in [0.15, 0.2) is 4.79 Å². The van der Waals surface area contributed by atoms with E-state index < -0.39 is 43.4 Å². The van der Waals surface area contributed by atoms with Crippen LogP contribution in [-0.2, 0) is 11.5 Å². The van der Waals surface area contributed by atoms with Crippen molar-refractivity contribution in [2.24, 2.45) is 0 Å². The van der Waals surface area contributed by atoms with E-state index in [1.54, 1.807) is 0 Å². The fraction of sp³-hybridized carbons (Fsp3) is 0.667. The molecule has 21 heavy (non-hydrogen) atoms. The van der Waals surface area contributed by atoms with Gasteiger partial charge in [0.25, 0.3) is 5.56 Å². The Balaban J connectivity index is 2.09. The molecule has 4 atom stereocenters. The molecule has 0 aliphatic carbocycles. The first kappa shape index (κ1) is 14.0. The van der Waals surface area contributed by atoms with E-state index in [4.69, 9.17) is 14.9 Å². The molecule has 12 heteroatoms. The number of aliphatic hydroxyl groups is 4. The SMILES string of the molecule is O=c1c2c(nnn1C1OC(CO)C(O)C1O)nnn2CO. The van der Waals surface area contributed by atoms with Crippen LogP contribution in [0.5, 0.6) is 0 Å². The zero-order valence-corrected chi connectivity index (χ0v) is 10.5. The first-order chi connectivity index (χ1) is 10.1. The molecule has 0 saturated carbocycles. The van der Waals surface area contributed by atoms with Crippen molar-refractivity contribution in [1.29, 1.82) is 0 Å². The van der Waals surface area contributed by atoms with E-state index in [9.17, 15) is 15.0 Å². The summed E-state index contributed by atoms with van der Waals surface area (Å²) in [6.07, 6.45) is -5.20. The smallest absolute Gasteiger partial charge is 0.300 e. The van der Waals surface area contributed by atoms with Crippen LogP contribution in [0.1, 0.15) is 6.23 Å². The van der Waals surface area contributed by atoms with E-state index in [1.165, 1.54) is 0 Å². The van der Waals surface area contributed by atoms with Gasteiger partial charge >= 0.3 is 0 Å². The summed E-state index contributed by atoms with van der Waals surface area (Å²) in [6, 6.07) is 0. The Morgan fingerprint density at radius 2 is 1.86 bits per heavy atom. The molecule has 4 unspecified atom stereocenters. The monoisotopic (exact) mass is 300 g/mol. The molecule has 114 valence electrons. The average Bonchev–Trinajstić information content (AvgIpc) is 3.03. The van der Waals surface area contributed by atoms with Gasteiger partial charge in [-0.25, -0.2) is 4.68 Å². The Morgan fingerprint density at radius 3 is 2.48 bits per heavy atom. The molecule has 2 aromatic heterocycles. The minimum Gasteiger partial charge on any atom is -0.394 e. The van der Waals surface area contributed by atoms with Crippen LogP contribution in [0.4, 0.5) is 0 Å². The lowest BCUT2D eigenvalue weighted by Crippen LogP contribution is -2.37. The lowest BCUT2D eigenvalue weighted by Gasteiger charge is -2.15. The van der Waals surface area contributed by atoms with Crippen molar-refractivity contribution < 1.29 is 25.2 Å². The van der Waals surface area contributed by atoms with E-state index in [0.29, 0.717) is 4.68 Å². The van der Waals surface area contributed by atoms with Crippen LogP contribution in [0.2, 0.25) is 0 Å². The van der Waals surface area contributed by atoms with Gasteiger partial charge in [-0.2, -0.15) is 4.68 Å². The highest BCUT2D eigenvalue weighted by Crippen LogP contribution is 2.27. The number of hydrogen-bond acceptors (Lipinski definition) is 10. The first-order valence-corrected chi connectivity index (χ1v) is 6.00. The summed E-state index contributed by atoms with van der Waals surface area (Å²) in [7, 11) is 0. The Labute approximate surface area is 115 Å². The van der Waals surface area contributed by atoms with Crippen LogP contribution in [0, 0.1) is 0 Å². The lowest BCUT2D eigenvalue weighted by atomic mass is 10.1. The summed E-state index contributed by atoms with van der Waals surface area (Å²) >= 11 is 0. The molecule has 1 fully saturated rings. The van der Waals surface area contributed by atoms with Crippen LogP contribution in [0.3, 0.4) is 0 Å². The van der Waals surface area contributed by atoms with Crippen LogP contribution >= 0.6 is 0 Å². The van der Waals surface area contributed by atoms with Crippen molar-refractivity contribution in [1.82, 2.24) is 30.0 Å². The molecule has 0 bridgehead atoms. The number of aliphatic hydroxyl groups excluding tert-OH is 4. The normalized spacial score (nSPS) is 29.3. The minimum atomic E-state index is -1.47. The Hall–Kier alpha value is -1.99. The van der Waals surface area contributed by atoms with Gasteiger partial charge < -0.3 is 25.2 Å². The third-order valence-corrected chi connectivity index (χ3v) is 3.26. The highest BCUT2D eigenvalue weighted by molar-refractivity contribution is 5.67. The van der Waals surface area contributed by atoms with Gasteiger partial charge in [0.05, 0.1) is 6.61 Å². The molecule has 2 aromatic rings. The van der Waals surface area contributed by atoms with Crippen molar-refractivity contribution >= 4 is 11.2 Å². The molecule has 0 aromatic carbocycles. The maximum absolute atomic E-state index is 12.3. The highest BCUT2D eigenvalue weighted by Gasteiger charge is 2.44. The standard InChI is InChI=1S/C9H12N6O6/c16-1-3-5(18)6(19)9(21-3)15-8(20)4-7(11-13-15)10-12-14(4)2-17/h3,5-6,9,16-19H,1-2H2. The van der Waals surface area contributed by atoms with Gasteiger partial charge in [0.1, 0.15) is 25.0 Å². The molecule has 12 nitrogen and oxygen atoms in total. The van der Waals surface area contributed by atoms with E-state index in [-0.39, 0.29) is 11.2 Å². The number of nitrogens with zero attached hydrogens (tertiary/aromatic N) is 6. The molecular weight excluding hydrogens is 288 g/mol. The van der Waals surface area contributed by atoms with Gasteiger partial charge in [0.15, 0.2) is 11.7 Å². The highest BCUT2D eigenvalue weighted by atomic mass is 16.6. The summed E-state index contributed by atoms with van der Waals surface area (Å²) < 4.78 is 6.82. The van der Waals surface area contributed by atoms with Gasteiger partial charge in [-0.05, 0) is 0 Å². The molecule has 3 rings (SSSR count). The molecule has 3 heterocycles. The van der Waals surface area contributed by atoms with Crippen LogP contribution < -0.4 is 5.56 Å². The van der Waals surface area contributed by atoms with Crippen LogP contribution in [-0.4, -0.2) is 75.3 Å². The minimum absolute atomic E-state index is 0.0722. The van der Waals surface area contributed by atoms with Gasteiger partial charge in [-0.3, -0.25) is 4.79 Å². The largest absolute Gasteiger partial charge is 0.394 e. The van der Waals surface area contributed by atoms with Crippen molar-refractivity contribution in [3.8, 4) is 0 Å². The van der Waals surface area contributed by atoms with Crippen molar-refractivity contribution in [2.75, 3.05) is 6.61 Å². The fourth-order valence-corrected chi connectivity index (χ4v) is 2.16. The van der Waals surface area contributed by atoms with Gasteiger partial charge in [0.2, 0.25) is 5.65 Å². The van der Waals surface area contributed by atoms with Crippen molar-refractivity contribution in [2.45, 2.75) is 31.3 Å². The van der Waals surface area contributed by atoms with E-state index in [2.05, 4.69) is 20.6 Å². The first-order valence-electron chi connectivity index (χ1n) is 6.00. The van der Waals surface area contributed by atoms with E-state index in [0.717, 1.165) is 4.68 Å². The quantitative estimate of drug-likeness (QED) is 0.437. The Morgan fingerprint density at radius 1 is 1.14 bits per heavy atom. The summed E-state index contributed by atoms with van der Waals surface area (Å²) in [4.78, 5) is 12.3. The molecule has 0 radical (unpaired) electrons. The van der Waals surface area contributed by atoms with Gasteiger partial charge in [-0.15, -0.1) is 10.2 Å². The zero-order chi connectivity index (χ0) is 15.1. The molecular formula is C9H12N6O6. The summed E-state index contributed by atoms with van der Waals surface area (Å²) in [5.74, 6) is 0. The molecule has 1 aliphatic rings. The topological polar surface area (TPSA) is 169 Å². The Kier molecular flexibility index (Phi) is 3.38. The van der Waals surface area contributed by atoms with E-state index >= 15 is 0 Å². The van der Waals surface area contributed by atoms with E-state index in [1.807, 2.05) is 0 Å². The number of rotatable bonds is 3. The molecule has 1 saturated heterocycles. The second kappa shape index (κ2) is 5.09. The van der Waals surface area contributed by atoms with Gasteiger partial charge in [-0.1, -0.05) is 10.4 Å². The Bertz CT molecular complexity index is 714. The molecule has 0 amide bonds. The number of hydrogen-bond donors (Lipinski definition) is 4. The van der Waals surface area contributed by atoms with Crippen molar-refractivity contribution in [3.05, 3.63) is 10.4 Å². The van der Waals surface area contributed by atoms with Crippen molar-refractivity contribution in [3.63, 3.8) is 0 Å². The molecule has 0 spiro atoms. The van der Waals surface area contributed by atoms with Gasteiger partial charge in [0, 0.05) is 0 Å².